The third-order valence-electron chi connectivity index (χ3n) is 3.25. The normalized spacial score (nSPS) is 28.3. The van der Waals surface area contributed by atoms with Crippen LogP contribution in [0.3, 0.4) is 0 Å². The number of aliphatic hydroxyl groups is 1. The molecule has 0 aromatic heterocycles. The van der Waals surface area contributed by atoms with Gasteiger partial charge in [-0.2, -0.15) is 0 Å². The highest BCUT2D eigenvalue weighted by Crippen LogP contribution is 2.29. The van der Waals surface area contributed by atoms with E-state index in [9.17, 15) is 9.90 Å². The molecular weight excluding hydrogens is 244 g/mol. The van der Waals surface area contributed by atoms with E-state index in [1.54, 1.807) is 0 Å². The van der Waals surface area contributed by atoms with Crippen LogP contribution < -0.4 is 5.32 Å². The largest absolute Gasteiger partial charge is 0.444 e. The molecule has 1 aliphatic rings. The number of nitrogens with one attached hydrogen (secondary N) is 1. The van der Waals surface area contributed by atoms with Crippen LogP contribution in [0.1, 0.15) is 46.5 Å². The molecule has 0 bridgehead atoms. The number of amides is 1. The zero-order valence-corrected chi connectivity index (χ0v) is 12.8. The summed E-state index contributed by atoms with van der Waals surface area (Å²) >= 11 is 0. The van der Waals surface area contributed by atoms with Crippen LogP contribution >= 0.6 is 0 Å². The first-order valence-electron chi connectivity index (χ1n) is 6.96. The lowest BCUT2D eigenvalue weighted by Crippen LogP contribution is -2.48. The second kappa shape index (κ2) is 6.09. The molecule has 2 N–H and O–H groups in total. The Bertz CT molecular complexity index is 302. The minimum absolute atomic E-state index is 0.109. The average molecular weight is 272 g/mol. The summed E-state index contributed by atoms with van der Waals surface area (Å²) in [5.41, 5.74) is -1.08. The van der Waals surface area contributed by atoms with Crippen LogP contribution in [0.15, 0.2) is 0 Å². The van der Waals surface area contributed by atoms with E-state index in [1.165, 1.54) is 0 Å². The molecule has 0 radical (unpaired) electrons. The van der Waals surface area contributed by atoms with Gasteiger partial charge < -0.3 is 20.1 Å². The molecule has 0 atom stereocenters. The van der Waals surface area contributed by atoms with Crippen molar-refractivity contribution in [1.29, 1.82) is 0 Å². The number of ether oxygens (including phenoxy) is 1. The lowest BCUT2D eigenvalue weighted by molar-refractivity contribution is -0.0239. The number of likely N-dealkylation sites (N-methyl/N-ethyl adjacent to an activating group) is 1. The Kier molecular flexibility index (Phi) is 5.21. The summed E-state index contributed by atoms with van der Waals surface area (Å²) in [6, 6.07) is 0.109. The second-order valence-electron chi connectivity index (χ2n) is 6.88. The predicted molar refractivity (Wildman–Crippen MR) is 75.1 cm³/mol. The Morgan fingerprint density at radius 1 is 1.37 bits per heavy atom. The number of alkyl carbamates (subject to hydrolysis) is 1. The summed E-state index contributed by atoms with van der Waals surface area (Å²) in [7, 11) is 3.92. The van der Waals surface area contributed by atoms with E-state index in [4.69, 9.17) is 4.74 Å². The molecule has 19 heavy (non-hydrogen) atoms. The fraction of sp³-hybridized carbons (Fsp3) is 0.929. The van der Waals surface area contributed by atoms with Gasteiger partial charge in [-0.05, 0) is 60.5 Å². The minimum atomic E-state index is -0.615. The van der Waals surface area contributed by atoms with Crippen LogP contribution in [0.25, 0.3) is 0 Å². The Balaban J connectivity index is 2.36. The van der Waals surface area contributed by atoms with Crippen molar-refractivity contribution >= 4 is 6.09 Å². The lowest BCUT2D eigenvalue weighted by atomic mass is 9.82. The molecule has 0 unspecified atom stereocenters. The molecule has 0 saturated heterocycles. The Morgan fingerprint density at radius 2 is 1.89 bits per heavy atom. The van der Waals surface area contributed by atoms with Crippen LogP contribution in [0, 0.1) is 0 Å². The smallest absolute Gasteiger partial charge is 0.407 e. The van der Waals surface area contributed by atoms with Gasteiger partial charge in [0.25, 0.3) is 0 Å². The quantitative estimate of drug-likeness (QED) is 0.821. The molecule has 5 nitrogen and oxygen atoms in total. The maximum absolute atomic E-state index is 11.7. The number of carbonyl (C=O) groups excluding carboxylic acids is 1. The number of hydrogen-bond acceptors (Lipinski definition) is 4. The third-order valence-corrected chi connectivity index (χ3v) is 3.25. The Morgan fingerprint density at radius 3 is 2.32 bits per heavy atom. The van der Waals surface area contributed by atoms with Crippen LogP contribution in [-0.4, -0.2) is 54.0 Å². The van der Waals surface area contributed by atoms with Crippen LogP contribution in [-0.2, 0) is 4.74 Å². The highest BCUT2D eigenvalue weighted by atomic mass is 16.6. The van der Waals surface area contributed by atoms with Gasteiger partial charge in [-0.15, -0.1) is 0 Å². The van der Waals surface area contributed by atoms with Crippen molar-refractivity contribution in [2.24, 2.45) is 0 Å². The first-order chi connectivity index (χ1) is 8.60. The van der Waals surface area contributed by atoms with Gasteiger partial charge in [0.15, 0.2) is 0 Å². The van der Waals surface area contributed by atoms with Crippen molar-refractivity contribution < 1.29 is 14.6 Å². The molecule has 0 heterocycles. The molecule has 0 aliphatic heterocycles. The first-order valence-corrected chi connectivity index (χ1v) is 6.96. The zero-order valence-electron chi connectivity index (χ0n) is 12.8. The van der Waals surface area contributed by atoms with Crippen molar-refractivity contribution in [3.8, 4) is 0 Å². The summed E-state index contributed by atoms with van der Waals surface area (Å²) in [5, 5.41) is 13.3. The van der Waals surface area contributed by atoms with Crippen molar-refractivity contribution in [3.63, 3.8) is 0 Å². The molecule has 1 saturated carbocycles. The SMILES string of the molecule is CN(C)C[C@]1(O)CC[C@@H](NC(=O)OC(C)(C)C)CC1. The number of rotatable bonds is 3. The molecule has 1 aliphatic carbocycles. The van der Waals surface area contributed by atoms with Crippen LogP contribution in [0.2, 0.25) is 0 Å². The molecule has 112 valence electrons. The van der Waals surface area contributed by atoms with E-state index in [2.05, 4.69) is 5.32 Å². The molecule has 1 rings (SSSR count). The van der Waals surface area contributed by atoms with Crippen molar-refractivity contribution in [3.05, 3.63) is 0 Å². The van der Waals surface area contributed by atoms with Gasteiger partial charge in [-0.25, -0.2) is 4.79 Å². The monoisotopic (exact) mass is 272 g/mol. The summed E-state index contributed by atoms with van der Waals surface area (Å²) in [4.78, 5) is 13.7. The fourth-order valence-electron chi connectivity index (χ4n) is 2.52. The maximum Gasteiger partial charge on any atom is 0.407 e. The maximum atomic E-state index is 11.7. The summed E-state index contributed by atoms with van der Waals surface area (Å²) in [6.07, 6.45) is 2.65. The van der Waals surface area contributed by atoms with Gasteiger partial charge >= 0.3 is 6.09 Å². The van der Waals surface area contributed by atoms with Crippen LogP contribution in [0.4, 0.5) is 4.79 Å². The molecule has 1 fully saturated rings. The van der Waals surface area contributed by atoms with Gasteiger partial charge in [0.05, 0.1) is 5.60 Å². The van der Waals surface area contributed by atoms with Crippen molar-refractivity contribution in [1.82, 2.24) is 10.2 Å². The summed E-state index contributed by atoms with van der Waals surface area (Å²) in [6.45, 7) is 6.22. The van der Waals surface area contributed by atoms with E-state index in [1.807, 2.05) is 39.8 Å². The van der Waals surface area contributed by atoms with E-state index in [0.717, 1.165) is 12.8 Å². The molecule has 0 spiro atoms. The molecule has 0 aromatic rings. The molecule has 0 aromatic carbocycles. The van der Waals surface area contributed by atoms with Gasteiger partial charge in [-0.3, -0.25) is 0 Å². The Labute approximate surface area is 116 Å². The summed E-state index contributed by atoms with van der Waals surface area (Å²) < 4.78 is 5.24. The van der Waals surface area contributed by atoms with E-state index < -0.39 is 11.2 Å². The third kappa shape index (κ3) is 6.25. The van der Waals surface area contributed by atoms with Gasteiger partial charge in [0.2, 0.25) is 0 Å². The minimum Gasteiger partial charge on any atom is -0.444 e. The standard InChI is InChI=1S/C14H28N2O3/c1-13(2,3)19-12(17)15-11-6-8-14(18,9-7-11)10-16(4)5/h11,18H,6-10H2,1-5H3,(H,15,17)/t11-,14+. The van der Waals surface area contributed by atoms with E-state index >= 15 is 0 Å². The summed E-state index contributed by atoms with van der Waals surface area (Å²) in [5.74, 6) is 0. The van der Waals surface area contributed by atoms with Crippen molar-refractivity contribution in [2.45, 2.75) is 63.7 Å². The highest BCUT2D eigenvalue weighted by molar-refractivity contribution is 5.68. The van der Waals surface area contributed by atoms with Gasteiger partial charge in [-0.1, -0.05) is 0 Å². The van der Waals surface area contributed by atoms with E-state index in [-0.39, 0.29) is 12.1 Å². The number of hydrogen-bond donors (Lipinski definition) is 2. The Hall–Kier alpha value is -0.810. The molecule has 1 amide bonds. The van der Waals surface area contributed by atoms with Gasteiger partial charge in [0, 0.05) is 12.6 Å². The molecule has 5 heteroatoms. The number of carbonyl (C=O) groups is 1. The first kappa shape index (κ1) is 16.2. The van der Waals surface area contributed by atoms with Crippen molar-refractivity contribution in [2.75, 3.05) is 20.6 Å². The topological polar surface area (TPSA) is 61.8 Å². The lowest BCUT2D eigenvalue weighted by Gasteiger charge is -2.38. The van der Waals surface area contributed by atoms with E-state index in [0.29, 0.717) is 19.4 Å². The van der Waals surface area contributed by atoms with Crippen LogP contribution in [0.5, 0.6) is 0 Å². The second-order valence-corrected chi connectivity index (χ2v) is 6.88. The van der Waals surface area contributed by atoms with Gasteiger partial charge in [0.1, 0.15) is 5.60 Å². The predicted octanol–water partition coefficient (Wildman–Crippen LogP) is 1.75. The fourth-order valence-corrected chi connectivity index (χ4v) is 2.52. The molecular formula is C14H28N2O3. The highest BCUT2D eigenvalue weighted by Gasteiger charge is 2.34. The average Bonchev–Trinajstić information content (AvgIpc) is 2.17. The zero-order chi connectivity index (χ0) is 14.7. The number of nitrogens with zero attached hydrogens (tertiary/aromatic N) is 1.